The van der Waals surface area contributed by atoms with E-state index in [-0.39, 0.29) is 0 Å². The lowest BCUT2D eigenvalue weighted by Gasteiger charge is -2.09. The smallest absolute Gasteiger partial charge is 0.0583 e. The molecule has 0 heterocycles. The third-order valence-corrected chi connectivity index (χ3v) is 1.09. The van der Waals surface area contributed by atoms with E-state index in [4.69, 9.17) is 4.74 Å². The van der Waals surface area contributed by atoms with E-state index in [1.807, 2.05) is 27.7 Å². The zero-order chi connectivity index (χ0) is 9.28. The Labute approximate surface area is 71.5 Å². The Morgan fingerprint density at radius 3 is 2.18 bits per heavy atom. The number of rotatable bonds is 4. The summed E-state index contributed by atoms with van der Waals surface area (Å²) < 4.78 is 5.29. The molecule has 0 aliphatic carbocycles. The summed E-state index contributed by atoms with van der Waals surface area (Å²) in [6.45, 7) is 14.7. The van der Waals surface area contributed by atoms with E-state index >= 15 is 0 Å². The van der Waals surface area contributed by atoms with Gasteiger partial charge in [0.05, 0.1) is 6.10 Å². The molecule has 0 rings (SSSR count). The summed E-state index contributed by atoms with van der Waals surface area (Å²) in [4.78, 5) is 0. The van der Waals surface area contributed by atoms with Crippen molar-refractivity contribution in [3.05, 3.63) is 12.2 Å². The summed E-state index contributed by atoms with van der Waals surface area (Å²) in [5.74, 6) is 0. The quantitative estimate of drug-likeness (QED) is 0.570. The SMILES string of the molecule is C=C(C)C[C@H](C)OCC.CC. The van der Waals surface area contributed by atoms with E-state index in [0.29, 0.717) is 6.10 Å². The molecule has 68 valence electrons. The van der Waals surface area contributed by atoms with Crippen LogP contribution in [0.3, 0.4) is 0 Å². The Morgan fingerprint density at radius 1 is 1.45 bits per heavy atom. The van der Waals surface area contributed by atoms with Crippen LogP contribution in [0.4, 0.5) is 0 Å². The second kappa shape index (κ2) is 9.70. The fourth-order valence-corrected chi connectivity index (χ4v) is 0.834. The standard InChI is InChI=1S/C8H16O.C2H6/c1-5-9-8(4)6-7(2)3;1-2/h8H,2,5-6H2,1,3-4H3;1-2H3/t8-;/m0./s1. The number of hydrogen-bond donors (Lipinski definition) is 0. The summed E-state index contributed by atoms with van der Waals surface area (Å²) in [7, 11) is 0. The minimum Gasteiger partial charge on any atom is -0.378 e. The molecule has 0 unspecified atom stereocenters. The van der Waals surface area contributed by atoms with Crippen molar-refractivity contribution in [2.45, 2.75) is 47.1 Å². The molecule has 11 heavy (non-hydrogen) atoms. The Balaban J connectivity index is 0. The van der Waals surface area contributed by atoms with Gasteiger partial charge in [-0.3, -0.25) is 0 Å². The van der Waals surface area contributed by atoms with Crippen LogP contribution in [0, 0.1) is 0 Å². The monoisotopic (exact) mass is 158 g/mol. The molecule has 0 aromatic heterocycles. The average Bonchev–Trinajstić information content (AvgIpc) is 1.91. The van der Waals surface area contributed by atoms with Gasteiger partial charge in [0.2, 0.25) is 0 Å². The van der Waals surface area contributed by atoms with Gasteiger partial charge in [0.25, 0.3) is 0 Å². The fraction of sp³-hybridized carbons (Fsp3) is 0.800. The van der Waals surface area contributed by atoms with E-state index < -0.39 is 0 Å². The first-order valence-electron chi connectivity index (χ1n) is 4.42. The first-order chi connectivity index (χ1) is 5.16. The molecule has 1 heteroatoms. The molecule has 0 bridgehead atoms. The lowest BCUT2D eigenvalue weighted by Crippen LogP contribution is -2.07. The molecular weight excluding hydrogens is 136 g/mol. The van der Waals surface area contributed by atoms with Crippen LogP contribution in [0.1, 0.15) is 41.0 Å². The van der Waals surface area contributed by atoms with Gasteiger partial charge in [0.15, 0.2) is 0 Å². The lowest BCUT2D eigenvalue weighted by molar-refractivity contribution is 0.0769. The molecule has 0 amide bonds. The van der Waals surface area contributed by atoms with Crippen LogP contribution in [0.25, 0.3) is 0 Å². The topological polar surface area (TPSA) is 9.23 Å². The summed E-state index contributed by atoms with van der Waals surface area (Å²) in [5, 5.41) is 0. The second-order valence-electron chi connectivity index (χ2n) is 2.43. The van der Waals surface area contributed by atoms with Crippen LogP contribution in [-0.4, -0.2) is 12.7 Å². The van der Waals surface area contributed by atoms with Crippen molar-refractivity contribution in [2.75, 3.05) is 6.61 Å². The highest BCUT2D eigenvalue weighted by atomic mass is 16.5. The molecule has 0 aromatic rings. The first kappa shape index (κ1) is 13.3. The number of hydrogen-bond acceptors (Lipinski definition) is 1. The van der Waals surface area contributed by atoms with Gasteiger partial charge in [0.1, 0.15) is 0 Å². The van der Waals surface area contributed by atoms with Crippen molar-refractivity contribution >= 4 is 0 Å². The van der Waals surface area contributed by atoms with Crippen LogP contribution in [0.15, 0.2) is 12.2 Å². The zero-order valence-electron chi connectivity index (χ0n) is 8.61. The third kappa shape index (κ3) is 12.8. The Hall–Kier alpha value is -0.300. The molecule has 0 aliphatic heterocycles. The first-order valence-corrected chi connectivity index (χ1v) is 4.42. The van der Waals surface area contributed by atoms with Crippen molar-refractivity contribution in [3.63, 3.8) is 0 Å². The van der Waals surface area contributed by atoms with Crippen molar-refractivity contribution in [2.24, 2.45) is 0 Å². The predicted octanol–water partition coefficient (Wildman–Crippen LogP) is 3.40. The maximum absolute atomic E-state index is 5.29. The Kier molecular flexibility index (Phi) is 11.7. The minimum atomic E-state index is 0.340. The van der Waals surface area contributed by atoms with Crippen LogP contribution >= 0.6 is 0 Å². The maximum atomic E-state index is 5.29. The van der Waals surface area contributed by atoms with Gasteiger partial charge in [-0.1, -0.05) is 19.4 Å². The van der Waals surface area contributed by atoms with E-state index in [1.165, 1.54) is 5.57 Å². The van der Waals surface area contributed by atoms with E-state index in [1.54, 1.807) is 0 Å². The molecule has 0 aliphatic rings. The van der Waals surface area contributed by atoms with E-state index in [2.05, 4.69) is 13.5 Å². The van der Waals surface area contributed by atoms with Crippen LogP contribution < -0.4 is 0 Å². The maximum Gasteiger partial charge on any atom is 0.0583 e. The van der Waals surface area contributed by atoms with Crippen molar-refractivity contribution < 1.29 is 4.74 Å². The minimum absolute atomic E-state index is 0.340. The van der Waals surface area contributed by atoms with Gasteiger partial charge in [-0.25, -0.2) is 0 Å². The number of ether oxygens (including phenoxy) is 1. The van der Waals surface area contributed by atoms with Gasteiger partial charge in [-0.05, 0) is 27.2 Å². The fourth-order valence-electron chi connectivity index (χ4n) is 0.834. The van der Waals surface area contributed by atoms with Crippen molar-refractivity contribution in [1.82, 2.24) is 0 Å². The molecule has 0 saturated heterocycles. The summed E-state index contributed by atoms with van der Waals surface area (Å²) >= 11 is 0. The predicted molar refractivity (Wildman–Crippen MR) is 51.9 cm³/mol. The summed E-state index contributed by atoms with van der Waals surface area (Å²) in [6.07, 6.45) is 1.32. The van der Waals surface area contributed by atoms with Gasteiger partial charge in [0, 0.05) is 6.61 Å². The molecule has 1 nitrogen and oxygen atoms in total. The molecule has 0 radical (unpaired) electrons. The Bertz CT molecular complexity index is 86.9. The van der Waals surface area contributed by atoms with E-state index in [9.17, 15) is 0 Å². The molecule has 0 saturated carbocycles. The molecule has 0 fully saturated rings. The lowest BCUT2D eigenvalue weighted by atomic mass is 10.2. The van der Waals surface area contributed by atoms with Crippen LogP contribution in [-0.2, 0) is 4.74 Å². The molecule has 0 aromatic carbocycles. The highest BCUT2D eigenvalue weighted by Gasteiger charge is 1.98. The van der Waals surface area contributed by atoms with Gasteiger partial charge >= 0.3 is 0 Å². The van der Waals surface area contributed by atoms with E-state index in [0.717, 1.165) is 13.0 Å². The largest absolute Gasteiger partial charge is 0.378 e. The van der Waals surface area contributed by atoms with Crippen LogP contribution in [0.2, 0.25) is 0 Å². The molecular formula is C10H22O. The van der Waals surface area contributed by atoms with Crippen molar-refractivity contribution in [1.29, 1.82) is 0 Å². The normalized spacial score (nSPS) is 11.4. The average molecular weight is 158 g/mol. The molecule has 0 spiro atoms. The van der Waals surface area contributed by atoms with Crippen molar-refractivity contribution in [3.8, 4) is 0 Å². The highest BCUT2D eigenvalue weighted by molar-refractivity contribution is 4.89. The highest BCUT2D eigenvalue weighted by Crippen LogP contribution is 2.03. The van der Waals surface area contributed by atoms with Gasteiger partial charge < -0.3 is 4.74 Å². The zero-order valence-corrected chi connectivity index (χ0v) is 8.61. The van der Waals surface area contributed by atoms with Crippen LogP contribution in [0.5, 0.6) is 0 Å². The third-order valence-electron chi connectivity index (χ3n) is 1.09. The second-order valence-corrected chi connectivity index (χ2v) is 2.43. The molecule has 0 N–H and O–H groups in total. The van der Waals surface area contributed by atoms with Gasteiger partial charge in [-0.2, -0.15) is 0 Å². The Morgan fingerprint density at radius 2 is 1.91 bits per heavy atom. The summed E-state index contributed by atoms with van der Waals surface area (Å²) in [5.41, 5.74) is 1.19. The molecule has 1 atom stereocenters. The summed E-state index contributed by atoms with van der Waals surface area (Å²) in [6, 6.07) is 0. The van der Waals surface area contributed by atoms with Gasteiger partial charge in [-0.15, -0.1) is 6.58 Å².